The van der Waals surface area contributed by atoms with Crippen LogP contribution in [0.1, 0.15) is 38.5 Å². The van der Waals surface area contributed by atoms with Gasteiger partial charge in [0.15, 0.2) is 0 Å². The number of hydrogen-bond donors (Lipinski definition) is 1. The van der Waals surface area contributed by atoms with Crippen LogP contribution in [0.2, 0.25) is 0 Å². The van der Waals surface area contributed by atoms with E-state index in [4.69, 9.17) is 5.73 Å². The predicted octanol–water partition coefficient (Wildman–Crippen LogP) is 2.89. The van der Waals surface area contributed by atoms with Gasteiger partial charge in [0.25, 0.3) is 0 Å². The summed E-state index contributed by atoms with van der Waals surface area (Å²) in [5.41, 5.74) is 11.2. The first kappa shape index (κ1) is 12.1. The molecule has 1 amide bonds. The molecule has 0 radical (unpaired) electrons. The molecule has 1 aliphatic heterocycles. The summed E-state index contributed by atoms with van der Waals surface area (Å²) in [6.07, 6.45) is 13.0. The monoisotopic (exact) mass is 268 g/mol. The number of hydrogen-bond acceptors (Lipinski definition) is 2. The van der Waals surface area contributed by atoms with Crippen molar-refractivity contribution in [1.29, 1.82) is 0 Å². The largest absolute Gasteiger partial charge is 0.369 e. The van der Waals surface area contributed by atoms with Crippen LogP contribution in [0.15, 0.2) is 40.1 Å². The summed E-state index contributed by atoms with van der Waals surface area (Å²) in [4.78, 5) is 16.2. The van der Waals surface area contributed by atoms with Crippen LogP contribution in [0.3, 0.4) is 0 Å². The van der Waals surface area contributed by atoms with Crippen molar-refractivity contribution in [3.63, 3.8) is 0 Å². The Labute approximate surface area is 119 Å². The lowest BCUT2D eigenvalue weighted by Gasteiger charge is -2.41. The lowest BCUT2D eigenvalue weighted by molar-refractivity contribution is -0.123. The summed E-state index contributed by atoms with van der Waals surface area (Å²) in [5, 5.41) is 0. The van der Waals surface area contributed by atoms with Gasteiger partial charge in [-0.1, -0.05) is 5.57 Å². The van der Waals surface area contributed by atoms with Gasteiger partial charge in [0.1, 0.15) is 0 Å². The molecule has 2 N–H and O–H groups in total. The van der Waals surface area contributed by atoms with E-state index in [-0.39, 0.29) is 11.8 Å². The minimum absolute atomic E-state index is 0.0692. The summed E-state index contributed by atoms with van der Waals surface area (Å²) in [6, 6.07) is 0. The van der Waals surface area contributed by atoms with Gasteiger partial charge < -0.3 is 5.73 Å². The zero-order chi connectivity index (χ0) is 13.7. The van der Waals surface area contributed by atoms with Gasteiger partial charge in [-0.2, -0.15) is 0 Å². The van der Waals surface area contributed by atoms with E-state index in [1.165, 1.54) is 28.9 Å². The second-order valence-corrected chi connectivity index (χ2v) is 6.46. The van der Waals surface area contributed by atoms with Crippen LogP contribution in [-0.2, 0) is 4.79 Å². The number of rotatable bonds is 1. The lowest BCUT2D eigenvalue weighted by atomic mass is 9.63. The minimum Gasteiger partial charge on any atom is -0.369 e. The summed E-state index contributed by atoms with van der Waals surface area (Å²) in [7, 11) is 0. The van der Waals surface area contributed by atoms with Crippen LogP contribution in [0.25, 0.3) is 0 Å². The number of nitrogens with zero attached hydrogens (tertiary/aromatic N) is 1. The van der Waals surface area contributed by atoms with Crippen molar-refractivity contribution in [3.8, 4) is 0 Å². The molecule has 0 aromatic heterocycles. The second-order valence-electron chi connectivity index (χ2n) is 6.46. The average molecular weight is 268 g/mol. The fourth-order valence-electron chi connectivity index (χ4n) is 4.52. The molecule has 0 bridgehead atoms. The number of carbonyl (C=O) groups excluding carboxylic acids is 1. The Kier molecular flexibility index (Phi) is 2.69. The van der Waals surface area contributed by atoms with Crippen molar-refractivity contribution in [2.75, 3.05) is 0 Å². The maximum absolute atomic E-state index is 11.7. The molecule has 3 heteroatoms. The molecule has 4 aliphatic rings. The third kappa shape index (κ3) is 1.72. The molecule has 3 aliphatic carbocycles. The number of carbonyl (C=O) groups is 1. The van der Waals surface area contributed by atoms with E-state index < -0.39 is 0 Å². The first-order chi connectivity index (χ1) is 9.74. The molecule has 0 spiro atoms. The van der Waals surface area contributed by atoms with E-state index in [9.17, 15) is 4.79 Å². The summed E-state index contributed by atoms with van der Waals surface area (Å²) >= 11 is 0. The zero-order valence-electron chi connectivity index (χ0n) is 11.6. The van der Waals surface area contributed by atoms with Crippen LogP contribution < -0.4 is 5.73 Å². The van der Waals surface area contributed by atoms with Crippen LogP contribution in [0, 0.1) is 17.8 Å². The van der Waals surface area contributed by atoms with Gasteiger partial charge in [-0.05, 0) is 73.7 Å². The highest BCUT2D eigenvalue weighted by Crippen LogP contribution is 2.48. The van der Waals surface area contributed by atoms with Crippen molar-refractivity contribution in [3.05, 3.63) is 35.1 Å². The number of fused-ring (bicyclic) bond motifs is 3. The highest BCUT2D eigenvalue weighted by atomic mass is 16.1. The van der Waals surface area contributed by atoms with Crippen LogP contribution in [-0.4, -0.2) is 11.6 Å². The molecular formula is C17H20N2O. The van der Waals surface area contributed by atoms with Gasteiger partial charge in [0.05, 0.1) is 0 Å². The fourth-order valence-corrected chi connectivity index (χ4v) is 4.52. The summed E-state index contributed by atoms with van der Waals surface area (Å²) < 4.78 is 0. The Hall–Kier alpha value is -1.64. The van der Waals surface area contributed by atoms with Gasteiger partial charge in [0, 0.05) is 17.8 Å². The number of allylic oxidation sites excluding steroid dienone is 5. The van der Waals surface area contributed by atoms with E-state index in [1.807, 2.05) is 6.20 Å². The Bertz CT molecular complexity index is 594. The van der Waals surface area contributed by atoms with Crippen LogP contribution in [0.4, 0.5) is 0 Å². The van der Waals surface area contributed by atoms with E-state index in [0.29, 0.717) is 11.8 Å². The van der Waals surface area contributed by atoms with Crippen molar-refractivity contribution in [2.24, 2.45) is 28.5 Å². The quantitative estimate of drug-likeness (QED) is 0.781. The second kappa shape index (κ2) is 4.44. The maximum Gasteiger partial charge on any atom is 0.221 e. The molecule has 3 unspecified atom stereocenters. The first-order valence-electron chi connectivity index (χ1n) is 7.71. The molecule has 3 atom stereocenters. The highest BCUT2D eigenvalue weighted by molar-refractivity contribution is 6.06. The Balaban J connectivity index is 1.78. The molecule has 20 heavy (non-hydrogen) atoms. The van der Waals surface area contributed by atoms with Crippen molar-refractivity contribution in [1.82, 2.24) is 0 Å². The van der Waals surface area contributed by atoms with Crippen molar-refractivity contribution in [2.45, 2.75) is 38.5 Å². The summed E-state index contributed by atoms with van der Waals surface area (Å²) in [6.45, 7) is 0. The molecule has 0 aromatic carbocycles. The molecule has 4 rings (SSSR count). The Morgan fingerprint density at radius 2 is 2.20 bits per heavy atom. The average Bonchev–Trinajstić information content (AvgIpc) is 2.91. The van der Waals surface area contributed by atoms with E-state index >= 15 is 0 Å². The molecule has 104 valence electrons. The van der Waals surface area contributed by atoms with Crippen LogP contribution >= 0.6 is 0 Å². The number of primary amides is 1. The molecule has 0 aromatic rings. The molecule has 3 nitrogen and oxygen atoms in total. The van der Waals surface area contributed by atoms with Gasteiger partial charge >= 0.3 is 0 Å². The van der Waals surface area contributed by atoms with E-state index in [1.54, 1.807) is 0 Å². The number of aliphatic imine (C=N–C) groups is 1. The third-order valence-corrected chi connectivity index (χ3v) is 5.47. The molecule has 1 saturated carbocycles. The highest BCUT2D eigenvalue weighted by Gasteiger charge is 2.39. The predicted molar refractivity (Wildman–Crippen MR) is 79.1 cm³/mol. The zero-order valence-corrected chi connectivity index (χ0v) is 11.6. The fraction of sp³-hybridized carbons (Fsp3) is 0.529. The molecule has 1 fully saturated rings. The normalized spacial score (nSPS) is 34.9. The Morgan fingerprint density at radius 1 is 1.30 bits per heavy atom. The lowest BCUT2D eigenvalue weighted by Crippen LogP contribution is -2.37. The van der Waals surface area contributed by atoms with E-state index in [2.05, 4.69) is 17.1 Å². The summed E-state index contributed by atoms with van der Waals surface area (Å²) in [5.74, 6) is 1.00. The Morgan fingerprint density at radius 3 is 3.05 bits per heavy atom. The maximum atomic E-state index is 11.7. The van der Waals surface area contributed by atoms with Gasteiger partial charge in [-0.15, -0.1) is 0 Å². The molecule has 0 saturated heterocycles. The molecule has 1 heterocycles. The van der Waals surface area contributed by atoms with Gasteiger partial charge in [-0.25, -0.2) is 0 Å². The topological polar surface area (TPSA) is 55.5 Å². The first-order valence-corrected chi connectivity index (χ1v) is 7.71. The molecular weight excluding hydrogens is 248 g/mol. The van der Waals surface area contributed by atoms with Gasteiger partial charge in [-0.3, -0.25) is 9.79 Å². The SMILES string of the molecule is NC(=O)C1CCCC2=C3C=C4C=CN=C4CC3CCC21. The third-order valence-electron chi connectivity index (χ3n) is 5.47. The van der Waals surface area contributed by atoms with Crippen molar-refractivity contribution < 1.29 is 4.79 Å². The van der Waals surface area contributed by atoms with Crippen LogP contribution in [0.5, 0.6) is 0 Å². The standard InChI is InChI=1S/C17H20N2O/c18-17(20)14-3-1-2-12-13(14)5-4-10-9-16-11(6-7-19-16)8-15(10)12/h6-8,10,13-14H,1-5,9H2,(H2,18,20). The van der Waals surface area contributed by atoms with Crippen molar-refractivity contribution >= 4 is 11.6 Å². The minimum atomic E-state index is -0.0993. The smallest absolute Gasteiger partial charge is 0.221 e. The number of amides is 1. The number of nitrogens with two attached hydrogens (primary N) is 1. The van der Waals surface area contributed by atoms with E-state index in [0.717, 1.165) is 32.1 Å². The van der Waals surface area contributed by atoms with Gasteiger partial charge in [0.2, 0.25) is 5.91 Å².